The van der Waals surface area contributed by atoms with Crippen LogP contribution in [0.5, 0.6) is 0 Å². The van der Waals surface area contributed by atoms with Gasteiger partial charge in [-0.3, -0.25) is 33.5 Å². The summed E-state index contributed by atoms with van der Waals surface area (Å²) in [6.07, 6.45) is -7.88. The minimum Gasteiger partial charge on any atom is -0.481 e. The first-order valence-corrected chi connectivity index (χ1v) is 11.2. The van der Waals surface area contributed by atoms with E-state index in [0.29, 0.717) is 0 Å². The Bertz CT molecular complexity index is 1110. The van der Waals surface area contributed by atoms with E-state index < -0.39 is 103 Å². The fraction of sp³-hybridized carbons (Fsp3) is 0.579. The van der Waals surface area contributed by atoms with Crippen LogP contribution in [-0.2, 0) is 23.9 Å². The largest absolute Gasteiger partial charge is 0.481 e. The van der Waals surface area contributed by atoms with Crippen molar-refractivity contribution in [3.8, 4) is 0 Å². The second-order valence-corrected chi connectivity index (χ2v) is 9.20. The van der Waals surface area contributed by atoms with E-state index in [1.807, 2.05) is 4.98 Å². The van der Waals surface area contributed by atoms with Crippen LogP contribution in [0.3, 0.4) is 0 Å². The smallest absolute Gasteiger partial charge is 0.330 e. The molecule has 0 bridgehead atoms. The highest BCUT2D eigenvalue weighted by Crippen LogP contribution is 2.45. The number of carbonyl (C=O) groups is 4. The number of carboxylic acid groups (broad SMARTS) is 4. The summed E-state index contributed by atoms with van der Waals surface area (Å²) in [6.45, 7) is 0. The lowest BCUT2D eigenvalue weighted by Gasteiger charge is -2.37. The van der Waals surface area contributed by atoms with Gasteiger partial charge in [-0.05, 0) is 35.4 Å². The maximum absolute atomic E-state index is 12.3. The van der Waals surface area contributed by atoms with E-state index in [0.717, 1.165) is 10.8 Å². The van der Waals surface area contributed by atoms with Crippen molar-refractivity contribution in [1.82, 2.24) is 9.55 Å². The Kier molecular flexibility index (Phi) is 9.15. The standard InChI is InChI=1S/C19H23IN2O13/c20-9-6-22(18(33)21-15(9)28)10-5-19(34,8(17(31)32)2-4-12(25)26)14(35-10)13(27)7(16(29)30)1-3-11(23)24/h6-8,10,13-14,27,34H,1-5H2,(H,23,24)(H,25,26)(H,29,30)(H,31,32)(H,21,28,33)/t7?,8?,10-,13?,14-,19-/m1/s1. The molecule has 0 aliphatic carbocycles. The maximum atomic E-state index is 12.3. The molecule has 0 saturated carbocycles. The van der Waals surface area contributed by atoms with Crippen molar-refractivity contribution in [2.45, 2.75) is 56.1 Å². The molecule has 35 heavy (non-hydrogen) atoms. The number of aromatic nitrogens is 2. The summed E-state index contributed by atoms with van der Waals surface area (Å²) in [5.41, 5.74) is -4.32. The van der Waals surface area contributed by atoms with Crippen LogP contribution in [0, 0.1) is 15.4 Å². The lowest BCUT2D eigenvalue weighted by atomic mass is 9.74. The third-order valence-electron chi connectivity index (χ3n) is 5.79. The van der Waals surface area contributed by atoms with Gasteiger partial charge >= 0.3 is 29.6 Å². The molecule has 3 unspecified atom stereocenters. The Hall–Kier alpha value is -2.83. The van der Waals surface area contributed by atoms with Gasteiger partial charge in [0.25, 0.3) is 5.56 Å². The highest BCUT2D eigenvalue weighted by molar-refractivity contribution is 14.1. The van der Waals surface area contributed by atoms with Crippen molar-refractivity contribution in [1.29, 1.82) is 0 Å². The van der Waals surface area contributed by atoms with E-state index in [2.05, 4.69) is 0 Å². The molecule has 16 heteroatoms. The second-order valence-electron chi connectivity index (χ2n) is 8.04. The Balaban J connectivity index is 2.58. The average Bonchev–Trinajstić information content (AvgIpc) is 3.07. The summed E-state index contributed by atoms with van der Waals surface area (Å²) < 4.78 is 6.42. The molecule has 0 aromatic carbocycles. The number of nitrogens with zero attached hydrogens (tertiary/aromatic N) is 1. The summed E-state index contributed by atoms with van der Waals surface area (Å²) in [7, 11) is 0. The van der Waals surface area contributed by atoms with Gasteiger partial charge in [0.2, 0.25) is 0 Å². The van der Waals surface area contributed by atoms with Gasteiger partial charge in [-0.15, -0.1) is 0 Å². The van der Waals surface area contributed by atoms with Crippen LogP contribution in [0.15, 0.2) is 15.8 Å². The molecule has 6 atom stereocenters. The molecule has 0 spiro atoms. The fourth-order valence-electron chi connectivity index (χ4n) is 4.07. The lowest BCUT2D eigenvalue weighted by Crippen LogP contribution is -2.56. The van der Waals surface area contributed by atoms with E-state index in [4.69, 9.17) is 14.9 Å². The quantitative estimate of drug-likeness (QED) is 0.135. The Labute approximate surface area is 209 Å². The van der Waals surface area contributed by atoms with Gasteiger partial charge in [-0.25, -0.2) is 4.79 Å². The third kappa shape index (κ3) is 6.44. The van der Waals surface area contributed by atoms with Crippen LogP contribution in [0.2, 0.25) is 0 Å². The number of aliphatic hydroxyl groups is 2. The number of carboxylic acids is 4. The van der Waals surface area contributed by atoms with Crippen LogP contribution < -0.4 is 11.2 Å². The Morgan fingerprint density at radius 2 is 1.66 bits per heavy atom. The van der Waals surface area contributed by atoms with Gasteiger partial charge < -0.3 is 35.4 Å². The third-order valence-corrected chi connectivity index (χ3v) is 6.56. The number of nitrogens with one attached hydrogen (secondary N) is 1. The first kappa shape index (κ1) is 28.4. The minimum atomic E-state index is -2.58. The first-order chi connectivity index (χ1) is 16.2. The predicted molar refractivity (Wildman–Crippen MR) is 120 cm³/mol. The van der Waals surface area contributed by atoms with Crippen LogP contribution >= 0.6 is 22.6 Å². The molecule has 1 aromatic rings. The number of H-pyrrole nitrogens is 1. The van der Waals surface area contributed by atoms with Crippen molar-refractivity contribution in [3.05, 3.63) is 30.6 Å². The first-order valence-electron chi connectivity index (χ1n) is 10.1. The number of rotatable bonds is 12. The molecule has 1 aliphatic heterocycles. The van der Waals surface area contributed by atoms with E-state index in [-0.39, 0.29) is 3.57 Å². The second kappa shape index (κ2) is 11.3. The fourth-order valence-corrected chi connectivity index (χ4v) is 4.51. The van der Waals surface area contributed by atoms with Gasteiger partial charge in [-0.1, -0.05) is 0 Å². The van der Waals surface area contributed by atoms with Crippen LogP contribution in [0.1, 0.15) is 38.3 Å². The molecule has 2 rings (SSSR count). The highest BCUT2D eigenvalue weighted by atomic mass is 127. The number of hydrogen-bond donors (Lipinski definition) is 7. The van der Waals surface area contributed by atoms with Crippen molar-refractivity contribution in [2.75, 3.05) is 0 Å². The van der Waals surface area contributed by atoms with Gasteiger partial charge in [-0.2, -0.15) is 0 Å². The van der Waals surface area contributed by atoms with Gasteiger partial charge in [0.15, 0.2) is 0 Å². The Morgan fingerprint density at radius 1 is 1.09 bits per heavy atom. The molecule has 1 saturated heterocycles. The molecule has 1 aromatic heterocycles. The van der Waals surface area contributed by atoms with E-state index in [1.54, 1.807) is 22.6 Å². The van der Waals surface area contributed by atoms with E-state index >= 15 is 0 Å². The van der Waals surface area contributed by atoms with Gasteiger partial charge in [0.1, 0.15) is 17.9 Å². The molecular weight excluding hydrogens is 591 g/mol. The molecule has 194 valence electrons. The molecule has 0 amide bonds. The number of aliphatic hydroxyl groups excluding tert-OH is 1. The molecule has 7 N–H and O–H groups in total. The van der Waals surface area contributed by atoms with Crippen molar-refractivity contribution in [2.24, 2.45) is 11.8 Å². The highest BCUT2D eigenvalue weighted by Gasteiger charge is 2.59. The Morgan fingerprint density at radius 3 is 2.17 bits per heavy atom. The summed E-state index contributed by atoms with van der Waals surface area (Å²) >= 11 is 1.60. The van der Waals surface area contributed by atoms with Crippen molar-refractivity contribution >= 4 is 46.5 Å². The SMILES string of the molecule is O=C(O)CCC(C(=O)O)C(O)[C@H]1O[C@@H](n2cc(I)c(=O)[nH]c2=O)C[C@@]1(O)C(CCC(=O)O)C(=O)O. The number of halogens is 1. The molecule has 1 fully saturated rings. The van der Waals surface area contributed by atoms with E-state index in [1.165, 1.54) is 0 Å². The number of aromatic amines is 1. The summed E-state index contributed by atoms with van der Waals surface area (Å²) in [6, 6.07) is 0. The zero-order valence-electron chi connectivity index (χ0n) is 17.9. The minimum absolute atomic E-state index is 0.0175. The lowest BCUT2D eigenvalue weighted by molar-refractivity contribution is -0.178. The topological polar surface area (TPSA) is 254 Å². The van der Waals surface area contributed by atoms with E-state index in [9.17, 15) is 49.2 Å². The molecule has 2 heterocycles. The molecule has 0 radical (unpaired) electrons. The monoisotopic (exact) mass is 614 g/mol. The van der Waals surface area contributed by atoms with Gasteiger partial charge in [0, 0.05) is 25.5 Å². The number of ether oxygens (including phenoxy) is 1. The predicted octanol–water partition coefficient (Wildman–Crippen LogP) is -1.35. The number of hydrogen-bond acceptors (Lipinski definition) is 9. The normalized spacial score (nSPS) is 24.4. The summed E-state index contributed by atoms with van der Waals surface area (Å²) in [5.74, 6) is -9.78. The average molecular weight is 614 g/mol. The number of aliphatic carboxylic acids is 4. The maximum Gasteiger partial charge on any atom is 0.330 e. The van der Waals surface area contributed by atoms with Crippen LogP contribution in [-0.4, -0.2) is 81.9 Å². The zero-order chi connectivity index (χ0) is 26.7. The molecular formula is C19H23IN2O13. The van der Waals surface area contributed by atoms with Crippen LogP contribution in [0.4, 0.5) is 0 Å². The summed E-state index contributed by atoms with van der Waals surface area (Å²) in [4.78, 5) is 71.7. The van der Waals surface area contributed by atoms with Gasteiger partial charge in [0.05, 0.1) is 21.5 Å². The summed E-state index contributed by atoms with van der Waals surface area (Å²) in [5, 5.41) is 59.4. The molecule has 15 nitrogen and oxygen atoms in total. The van der Waals surface area contributed by atoms with Crippen molar-refractivity contribution in [3.63, 3.8) is 0 Å². The van der Waals surface area contributed by atoms with Crippen LogP contribution in [0.25, 0.3) is 0 Å². The molecule has 1 aliphatic rings. The zero-order valence-corrected chi connectivity index (χ0v) is 20.0. The van der Waals surface area contributed by atoms with Crippen molar-refractivity contribution < 1.29 is 54.6 Å².